The molecule has 0 spiro atoms. The zero-order valence-electron chi connectivity index (χ0n) is 20.3. The van der Waals surface area contributed by atoms with Gasteiger partial charge in [-0.15, -0.1) is 0 Å². The maximum Gasteiger partial charge on any atom is 0.409 e. The lowest BCUT2D eigenvalue weighted by Crippen LogP contribution is -2.54. The summed E-state index contributed by atoms with van der Waals surface area (Å²) in [5, 5.41) is 11.7. The van der Waals surface area contributed by atoms with Crippen molar-refractivity contribution in [2.45, 2.75) is 46.1 Å². The first kappa shape index (κ1) is 26.0. The molecule has 3 rings (SSSR count). The Hall–Kier alpha value is -4.62. The summed E-state index contributed by atoms with van der Waals surface area (Å²) in [6.07, 6.45) is -0.598. The van der Waals surface area contributed by atoms with E-state index in [1.54, 1.807) is 20.8 Å². The molecule has 1 atom stereocenters. The number of ether oxygens (including phenoxy) is 2. The average molecular weight is 501 g/mol. The Kier molecular flexibility index (Phi) is 7.77. The molecule has 14 heteroatoms. The number of nitrogens with zero attached hydrogens (tertiary/aromatic N) is 5. The van der Waals surface area contributed by atoms with Crippen LogP contribution in [0.5, 0.6) is 5.88 Å². The quantitative estimate of drug-likeness (QED) is 0.333. The Morgan fingerprint density at radius 3 is 2.53 bits per heavy atom. The fraction of sp³-hybridized carbons (Fsp3) is 0.364. The van der Waals surface area contributed by atoms with Crippen molar-refractivity contribution in [2.24, 2.45) is 0 Å². The molecule has 0 fully saturated rings. The van der Waals surface area contributed by atoms with Crippen LogP contribution >= 0.6 is 0 Å². The molecule has 2 heterocycles. The molecule has 5 N–H and O–H groups in total. The largest absolute Gasteiger partial charge is 0.480 e. The highest BCUT2D eigenvalue weighted by Crippen LogP contribution is 2.22. The van der Waals surface area contributed by atoms with Crippen molar-refractivity contribution in [3.63, 3.8) is 0 Å². The number of anilines is 1. The summed E-state index contributed by atoms with van der Waals surface area (Å²) in [7, 11) is 0. The lowest BCUT2D eigenvalue weighted by Gasteiger charge is -2.29. The highest BCUT2D eigenvalue weighted by molar-refractivity contribution is 5.88. The molecule has 36 heavy (non-hydrogen) atoms. The molecule has 0 aliphatic heterocycles. The third kappa shape index (κ3) is 6.94. The number of carbonyl (C=O) groups excluding carboxylic acids is 2. The lowest BCUT2D eigenvalue weighted by molar-refractivity contribution is -0.138. The second kappa shape index (κ2) is 10.8. The summed E-state index contributed by atoms with van der Waals surface area (Å²) >= 11 is 0. The van der Waals surface area contributed by atoms with Crippen molar-refractivity contribution in [1.29, 1.82) is 0 Å². The lowest BCUT2D eigenvalue weighted by atomic mass is 10.2. The maximum atomic E-state index is 13.0. The highest BCUT2D eigenvalue weighted by atomic mass is 16.6. The van der Waals surface area contributed by atoms with Crippen molar-refractivity contribution >= 4 is 35.2 Å². The van der Waals surface area contributed by atoms with E-state index in [4.69, 9.17) is 15.2 Å². The van der Waals surface area contributed by atoms with Crippen LogP contribution in [0.25, 0.3) is 11.2 Å². The molecule has 0 aliphatic rings. The van der Waals surface area contributed by atoms with Gasteiger partial charge in [-0.05, 0) is 33.3 Å². The first-order valence-corrected chi connectivity index (χ1v) is 10.9. The topological polar surface area (TPSA) is 187 Å². The zero-order chi connectivity index (χ0) is 26.5. The van der Waals surface area contributed by atoms with Crippen LogP contribution in [-0.2, 0) is 16.1 Å². The number of nitrogens with one attached hydrogen (secondary N) is 2. The Labute approximate surface area is 206 Å². The summed E-state index contributed by atoms with van der Waals surface area (Å²) in [5.74, 6) is -1.30. The predicted molar refractivity (Wildman–Crippen MR) is 128 cm³/mol. The smallest absolute Gasteiger partial charge is 0.409 e. The van der Waals surface area contributed by atoms with Crippen molar-refractivity contribution in [3.05, 3.63) is 42.2 Å². The molecule has 0 bridgehead atoms. The van der Waals surface area contributed by atoms with Gasteiger partial charge in [0.15, 0.2) is 11.2 Å². The monoisotopic (exact) mass is 500 g/mol. The number of urea groups is 1. The van der Waals surface area contributed by atoms with Gasteiger partial charge in [0.2, 0.25) is 11.8 Å². The third-order valence-corrected chi connectivity index (χ3v) is 4.58. The van der Waals surface area contributed by atoms with E-state index in [0.29, 0.717) is 0 Å². The Balaban J connectivity index is 1.79. The SMILES string of the molecule is CC(NC(=O)OC(C)(C)C)N(CC(=O)O)C(=O)Nn1cnc2c(OCc3ccccc3)nc(N)nc21. The minimum Gasteiger partial charge on any atom is -0.480 e. The first-order chi connectivity index (χ1) is 16.9. The molecule has 0 aliphatic carbocycles. The zero-order valence-corrected chi connectivity index (χ0v) is 20.3. The number of benzene rings is 1. The molecule has 14 nitrogen and oxygen atoms in total. The normalized spacial score (nSPS) is 12.0. The van der Waals surface area contributed by atoms with E-state index in [-0.39, 0.29) is 29.6 Å². The van der Waals surface area contributed by atoms with E-state index in [1.807, 2.05) is 30.3 Å². The Bertz CT molecular complexity index is 1240. The van der Waals surface area contributed by atoms with Gasteiger partial charge in [-0.1, -0.05) is 30.3 Å². The van der Waals surface area contributed by atoms with E-state index < -0.39 is 36.4 Å². The van der Waals surface area contributed by atoms with Crippen LogP contribution < -0.4 is 21.2 Å². The molecule has 2 aromatic heterocycles. The van der Waals surface area contributed by atoms with E-state index in [0.717, 1.165) is 15.1 Å². The summed E-state index contributed by atoms with van der Waals surface area (Å²) in [6.45, 7) is 5.95. The number of aliphatic carboxylic acids is 1. The standard InChI is InChI=1S/C22H28N8O6/c1-13(25-21(34)36-22(2,3)4)29(10-15(31)32)20(33)28-30-12-24-16-17(30)26-19(23)27-18(16)35-11-14-8-6-5-7-9-14/h5-9,12-13H,10-11H2,1-4H3,(H,25,34)(H,28,33)(H,31,32)(H2,23,26,27). The fourth-order valence-electron chi connectivity index (χ4n) is 3.05. The summed E-state index contributed by atoms with van der Waals surface area (Å²) in [5.41, 5.74) is 8.78. The molecule has 0 radical (unpaired) electrons. The van der Waals surface area contributed by atoms with Gasteiger partial charge in [0.05, 0.1) is 0 Å². The second-order valence-electron chi connectivity index (χ2n) is 8.71. The number of amides is 3. The van der Waals surface area contributed by atoms with E-state index in [9.17, 15) is 19.5 Å². The number of hydrogen-bond donors (Lipinski definition) is 4. The average Bonchev–Trinajstić information content (AvgIpc) is 3.17. The summed E-state index contributed by atoms with van der Waals surface area (Å²) in [6, 6.07) is 8.52. The van der Waals surface area contributed by atoms with Crippen LogP contribution in [-0.4, -0.2) is 66.0 Å². The van der Waals surface area contributed by atoms with E-state index in [2.05, 4.69) is 25.7 Å². The number of imidazole rings is 1. The Morgan fingerprint density at radius 2 is 1.89 bits per heavy atom. The van der Waals surface area contributed by atoms with Crippen LogP contribution in [0.3, 0.4) is 0 Å². The number of carboxylic acids is 1. The van der Waals surface area contributed by atoms with Crippen LogP contribution in [0.2, 0.25) is 0 Å². The summed E-state index contributed by atoms with van der Waals surface area (Å²) < 4.78 is 12.1. The van der Waals surface area contributed by atoms with Crippen LogP contribution in [0, 0.1) is 0 Å². The number of carboxylic acid groups (broad SMARTS) is 1. The van der Waals surface area contributed by atoms with Gasteiger partial charge in [0.1, 0.15) is 31.2 Å². The van der Waals surface area contributed by atoms with E-state index in [1.165, 1.54) is 13.3 Å². The molecule has 3 aromatic rings. The van der Waals surface area contributed by atoms with Gasteiger partial charge in [0, 0.05) is 0 Å². The molecular weight excluding hydrogens is 472 g/mol. The third-order valence-electron chi connectivity index (χ3n) is 4.58. The van der Waals surface area contributed by atoms with Gasteiger partial charge < -0.3 is 25.6 Å². The van der Waals surface area contributed by atoms with Crippen molar-refractivity contribution < 1.29 is 29.0 Å². The summed E-state index contributed by atoms with van der Waals surface area (Å²) in [4.78, 5) is 49.8. The number of aromatic nitrogens is 4. The number of nitrogen functional groups attached to an aromatic ring is 1. The molecular formula is C22H28N8O6. The molecule has 3 amide bonds. The van der Waals surface area contributed by atoms with Crippen LogP contribution in [0.1, 0.15) is 33.3 Å². The van der Waals surface area contributed by atoms with Gasteiger partial charge >= 0.3 is 18.1 Å². The van der Waals surface area contributed by atoms with Gasteiger partial charge in [-0.25, -0.2) is 24.7 Å². The van der Waals surface area contributed by atoms with Crippen LogP contribution in [0.4, 0.5) is 15.5 Å². The highest BCUT2D eigenvalue weighted by Gasteiger charge is 2.27. The number of carbonyl (C=O) groups is 3. The van der Waals surface area contributed by atoms with Gasteiger partial charge in [-0.3, -0.25) is 9.69 Å². The minimum absolute atomic E-state index is 0.108. The number of hydrogen-bond acceptors (Lipinski definition) is 9. The van der Waals surface area contributed by atoms with E-state index >= 15 is 0 Å². The van der Waals surface area contributed by atoms with Crippen molar-refractivity contribution in [2.75, 3.05) is 17.7 Å². The van der Waals surface area contributed by atoms with Crippen molar-refractivity contribution in [3.8, 4) is 5.88 Å². The predicted octanol–water partition coefficient (Wildman–Crippen LogP) is 1.91. The number of alkyl carbamates (subject to hydrolysis) is 1. The minimum atomic E-state index is -1.29. The second-order valence-corrected chi connectivity index (χ2v) is 8.71. The van der Waals surface area contributed by atoms with Gasteiger partial charge in [0.25, 0.3) is 0 Å². The maximum absolute atomic E-state index is 13.0. The van der Waals surface area contributed by atoms with Crippen LogP contribution in [0.15, 0.2) is 36.7 Å². The molecule has 0 saturated carbocycles. The number of nitrogens with two attached hydrogens (primary N) is 1. The molecule has 1 aromatic carbocycles. The van der Waals surface area contributed by atoms with Gasteiger partial charge in [-0.2, -0.15) is 9.97 Å². The Morgan fingerprint density at radius 1 is 1.19 bits per heavy atom. The molecule has 192 valence electrons. The number of fused-ring (bicyclic) bond motifs is 1. The number of rotatable bonds is 8. The molecule has 0 saturated heterocycles. The fourth-order valence-corrected chi connectivity index (χ4v) is 3.05. The van der Waals surface area contributed by atoms with Crippen molar-refractivity contribution in [1.82, 2.24) is 29.8 Å². The molecule has 1 unspecified atom stereocenters. The first-order valence-electron chi connectivity index (χ1n) is 10.9.